The van der Waals surface area contributed by atoms with Gasteiger partial charge in [-0.1, -0.05) is 13.8 Å². The third-order valence-electron chi connectivity index (χ3n) is 3.92. The first-order chi connectivity index (χ1) is 8.03. The number of nitrogens with one attached hydrogen (secondary N) is 1. The highest BCUT2D eigenvalue weighted by Crippen LogP contribution is 2.32. The highest BCUT2D eigenvalue weighted by atomic mass is 35.5. The fourth-order valence-electron chi connectivity index (χ4n) is 2.58. The minimum Gasteiger partial charge on any atom is -0.378 e. The number of hydrogen-bond acceptors (Lipinski definition) is 3. The van der Waals surface area contributed by atoms with E-state index in [0.717, 1.165) is 32.3 Å². The maximum absolute atomic E-state index is 11.8. The zero-order chi connectivity index (χ0) is 12.5. The summed E-state index contributed by atoms with van der Waals surface area (Å²) in [5.41, 5.74) is 5.30. The molecule has 18 heavy (non-hydrogen) atoms. The van der Waals surface area contributed by atoms with Crippen LogP contribution < -0.4 is 11.1 Å². The van der Waals surface area contributed by atoms with Gasteiger partial charge >= 0.3 is 0 Å². The predicted molar refractivity (Wildman–Crippen MR) is 73.7 cm³/mol. The van der Waals surface area contributed by atoms with E-state index < -0.39 is 5.54 Å². The zero-order valence-corrected chi connectivity index (χ0v) is 12.1. The van der Waals surface area contributed by atoms with Crippen LogP contribution in [-0.2, 0) is 9.53 Å². The topological polar surface area (TPSA) is 64.3 Å². The molecule has 4 nitrogen and oxygen atoms in total. The number of halogens is 1. The summed E-state index contributed by atoms with van der Waals surface area (Å²) < 4.78 is 5.80. The monoisotopic (exact) mass is 276 g/mol. The van der Waals surface area contributed by atoms with Crippen molar-refractivity contribution in [3.05, 3.63) is 0 Å². The minimum absolute atomic E-state index is 0. The lowest BCUT2D eigenvalue weighted by Crippen LogP contribution is -2.47. The fourth-order valence-corrected chi connectivity index (χ4v) is 2.58. The molecular formula is C13H25ClN2O2. The van der Waals surface area contributed by atoms with Crippen molar-refractivity contribution in [2.75, 3.05) is 13.2 Å². The molecule has 1 saturated heterocycles. The fraction of sp³-hybridized carbons (Fsp3) is 0.923. The van der Waals surface area contributed by atoms with Crippen molar-refractivity contribution in [2.24, 2.45) is 17.6 Å². The van der Waals surface area contributed by atoms with Gasteiger partial charge in [0, 0.05) is 19.1 Å². The molecule has 2 fully saturated rings. The van der Waals surface area contributed by atoms with E-state index in [1.54, 1.807) is 0 Å². The van der Waals surface area contributed by atoms with Crippen LogP contribution in [0.2, 0.25) is 0 Å². The van der Waals surface area contributed by atoms with E-state index in [-0.39, 0.29) is 24.4 Å². The SMILES string of the molecule is CC(C)C1OCCCC1CNC(=O)C1(N)CC1.Cl. The van der Waals surface area contributed by atoms with E-state index >= 15 is 0 Å². The van der Waals surface area contributed by atoms with E-state index in [4.69, 9.17) is 10.5 Å². The summed E-state index contributed by atoms with van der Waals surface area (Å²) >= 11 is 0. The second kappa shape index (κ2) is 6.22. The Morgan fingerprint density at radius 3 is 2.72 bits per heavy atom. The Morgan fingerprint density at radius 2 is 2.17 bits per heavy atom. The van der Waals surface area contributed by atoms with Crippen LogP contribution in [-0.4, -0.2) is 30.7 Å². The second-order valence-corrected chi connectivity index (χ2v) is 5.85. The van der Waals surface area contributed by atoms with Crippen molar-refractivity contribution in [3.63, 3.8) is 0 Å². The quantitative estimate of drug-likeness (QED) is 0.817. The molecule has 0 spiro atoms. The third-order valence-corrected chi connectivity index (χ3v) is 3.92. The van der Waals surface area contributed by atoms with Crippen LogP contribution in [0.25, 0.3) is 0 Å². The lowest BCUT2D eigenvalue weighted by atomic mass is 9.87. The van der Waals surface area contributed by atoms with Crippen molar-refractivity contribution in [1.29, 1.82) is 0 Å². The van der Waals surface area contributed by atoms with E-state index in [9.17, 15) is 4.79 Å². The maximum Gasteiger partial charge on any atom is 0.240 e. The molecule has 0 bridgehead atoms. The summed E-state index contributed by atoms with van der Waals surface area (Å²) in [6, 6.07) is 0. The van der Waals surface area contributed by atoms with Crippen LogP contribution in [0.1, 0.15) is 39.5 Å². The Bertz CT molecular complexity index is 293. The van der Waals surface area contributed by atoms with Crippen molar-refractivity contribution in [2.45, 2.75) is 51.2 Å². The van der Waals surface area contributed by atoms with Crippen molar-refractivity contribution in [3.8, 4) is 0 Å². The second-order valence-electron chi connectivity index (χ2n) is 5.85. The molecule has 1 saturated carbocycles. The Morgan fingerprint density at radius 1 is 1.50 bits per heavy atom. The van der Waals surface area contributed by atoms with Crippen LogP contribution in [0.15, 0.2) is 0 Å². The molecule has 0 aromatic carbocycles. The molecule has 1 heterocycles. The van der Waals surface area contributed by atoms with Crippen LogP contribution in [0, 0.1) is 11.8 Å². The lowest BCUT2D eigenvalue weighted by Gasteiger charge is -2.34. The summed E-state index contributed by atoms with van der Waals surface area (Å²) in [7, 11) is 0. The molecule has 1 aliphatic carbocycles. The third kappa shape index (κ3) is 3.59. The van der Waals surface area contributed by atoms with Gasteiger partial charge in [-0.3, -0.25) is 4.79 Å². The van der Waals surface area contributed by atoms with Gasteiger partial charge in [-0.25, -0.2) is 0 Å². The van der Waals surface area contributed by atoms with Gasteiger partial charge in [0.05, 0.1) is 11.6 Å². The van der Waals surface area contributed by atoms with Crippen molar-refractivity contribution >= 4 is 18.3 Å². The highest BCUT2D eigenvalue weighted by Gasteiger charge is 2.46. The Balaban J connectivity index is 0.00000162. The van der Waals surface area contributed by atoms with Gasteiger partial charge in [0.2, 0.25) is 5.91 Å². The molecule has 2 unspecified atom stereocenters. The summed E-state index contributed by atoms with van der Waals surface area (Å²) in [4.78, 5) is 11.8. The first-order valence-corrected chi connectivity index (χ1v) is 6.72. The van der Waals surface area contributed by atoms with Crippen LogP contribution >= 0.6 is 12.4 Å². The summed E-state index contributed by atoms with van der Waals surface area (Å²) in [5.74, 6) is 0.964. The van der Waals surface area contributed by atoms with Gasteiger partial charge in [-0.05, 0) is 31.6 Å². The number of hydrogen-bond donors (Lipinski definition) is 2. The van der Waals surface area contributed by atoms with Gasteiger partial charge in [-0.2, -0.15) is 0 Å². The summed E-state index contributed by atoms with van der Waals surface area (Å²) in [6.07, 6.45) is 4.16. The molecule has 0 aromatic heterocycles. The average Bonchev–Trinajstić information content (AvgIpc) is 3.06. The lowest BCUT2D eigenvalue weighted by molar-refractivity contribution is -0.124. The number of carbonyl (C=O) groups is 1. The predicted octanol–water partition coefficient (Wildman–Crippen LogP) is 1.47. The van der Waals surface area contributed by atoms with Gasteiger partial charge in [0.25, 0.3) is 0 Å². The Hall–Kier alpha value is -0.320. The largest absolute Gasteiger partial charge is 0.378 e. The molecule has 1 amide bonds. The Kier molecular flexibility index (Phi) is 5.44. The van der Waals surface area contributed by atoms with Gasteiger partial charge in [0.1, 0.15) is 0 Å². The van der Waals surface area contributed by atoms with E-state index in [1.807, 2.05) is 0 Å². The Labute approximate surface area is 115 Å². The highest BCUT2D eigenvalue weighted by molar-refractivity contribution is 5.88. The van der Waals surface area contributed by atoms with Crippen molar-refractivity contribution < 1.29 is 9.53 Å². The number of nitrogens with two attached hydrogens (primary N) is 1. The van der Waals surface area contributed by atoms with Crippen LogP contribution in [0.4, 0.5) is 0 Å². The smallest absolute Gasteiger partial charge is 0.240 e. The maximum atomic E-state index is 11.8. The summed E-state index contributed by atoms with van der Waals surface area (Å²) in [6.45, 7) is 5.92. The molecular weight excluding hydrogens is 252 g/mol. The van der Waals surface area contributed by atoms with E-state index in [2.05, 4.69) is 19.2 Å². The molecule has 2 aliphatic rings. The zero-order valence-electron chi connectivity index (χ0n) is 11.3. The molecule has 2 rings (SSSR count). The number of rotatable bonds is 4. The van der Waals surface area contributed by atoms with Gasteiger partial charge in [0.15, 0.2) is 0 Å². The van der Waals surface area contributed by atoms with Gasteiger partial charge < -0.3 is 15.8 Å². The molecule has 106 valence electrons. The summed E-state index contributed by atoms with van der Waals surface area (Å²) in [5, 5.41) is 3.00. The van der Waals surface area contributed by atoms with Gasteiger partial charge in [-0.15, -0.1) is 12.4 Å². The molecule has 0 radical (unpaired) electrons. The molecule has 1 aliphatic heterocycles. The molecule has 0 aromatic rings. The average molecular weight is 277 g/mol. The molecule has 5 heteroatoms. The number of ether oxygens (including phenoxy) is 1. The first-order valence-electron chi connectivity index (χ1n) is 6.72. The minimum atomic E-state index is -0.553. The van der Waals surface area contributed by atoms with Crippen molar-refractivity contribution in [1.82, 2.24) is 5.32 Å². The van der Waals surface area contributed by atoms with E-state index in [1.165, 1.54) is 0 Å². The molecule has 2 atom stereocenters. The van der Waals surface area contributed by atoms with E-state index in [0.29, 0.717) is 18.4 Å². The first kappa shape index (κ1) is 15.7. The number of amides is 1. The molecule has 3 N–H and O–H groups in total. The normalized spacial score (nSPS) is 29.6. The van der Waals surface area contributed by atoms with Crippen LogP contribution in [0.5, 0.6) is 0 Å². The van der Waals surface area contributed by atoms with Crippen LogP contribution in [0.3, 0.4) is 0 Å². The number of carbonyl (C=O) groups excluding carboxylic acids is 1. The standard InChI is InChI=1S/C13H24N2O2.ClH/c1-9(2)11-10(4-3-7-17-11)8-15-12(16)13(14)5-6-13;/h9-11H,3-8,14H2,1-2H3,(H,15,16);1H.